The van der Waals surface area contributed by atoms with Gasteiger partial charge in [-0.1, -0.05) is 26.0 Å². The molecule has 0 spiro atoms. The Morgan fingerprint density at radius 1 is 1.15 bits per heavy atom. The summed E-state index contributed by atoms with van der Waals surface area (Å²) in [6.07, 6.45) is 1.78. The molecule has 0 heterocycles. The van der Waals surface area contributed by atoms with Gasteiger partial charge in [-0.15, -0.1) is 0 Å². The average molecular weight is 471 g/mol. The van der Waals surface area contributed by atoms with Crippen molar-refractivity contribution in [3.63, 3.8) is 0 Å². The second-order valence-corrected chi connectivity index (χ2v) is 9.35. The van der Waals surface area contributed by atoms with Gasteiger partial charge in [0.15, 0.2) is 11.4 Å². The number of aliphatic hydroxyl groups is 3. The van der Waals surface area contributed by atoms with Gasteiger partial charge >= 0.3 is 0 Å². The minimum atomic E-state index is -2.61. The summed E-state index contributed by atoms with van der Waals surface area (Å²) >= 11 is 0. The molecule has 4 rings (SSSR count). The van der Waals surface area contributed by atoms with E-state index < -0.39 is 58.0 Å². The van der Waals surface area contributed by atoms with Gasteiger partial charge < -0.3 is 26.2 Å². The van der Waals surface area contributed by atoms with Crippen molar-refractivity contribution in [1.82, 2.24) is 4.90 Å². The zero-order chi connectivity index (χ0) is 24.9. The summed E-state index contributed by atoms with van der Waals surface area (Å²) in [7, 11) is 0. The van der Waals surface area contributed by atoms with Gasteiger partial charge in [-0.2, -0.15) is 0 Å². The summed E-state index contributed by atoms with van der Waals surface area (Å²) in [5.41, 5.74) is 2.63. The van der Waals surface area contributed by atoms with Crippen LogP contribution in [0.5, 0.6) is 5.75 Å². The number of Topliss-reactive ketones (excluding diaryl/α,β-unsaturated/α-hetero) is 2. The largest absolute Gasteiger partial charge is 0.508 e. The van der Waals surface area contributed by atoms with Crippen molar-refractivity contribution in [1.29, 1.82) is 0 Å². The molecule has 1 aromatic carbocycles. The molecular weight excluding hydrogens is 440 g/mol. The molecule has 0 saturated heterocycles. The van der Waals surface area contributed by atoms with E-state index >= 15 is 0 Å². The van der Waals surface area contributed by atoms with Crippen LogP contribution in [-0.2, 0) is 20.8 Å². The number of hydrogen-bond donors (Lipinski definition) is 5. The first-order valence-electron chi connectivity index (χ1n) is 11.6. The van der Waals surface area contributed by atoms with E-state index in [2.05, 4.69) is 0 Å². The van der Waals surface area contributed by atoms with E-state index in [9.17, 15) is 34.8 Å². The maximum atomic E-state index is 13.8. The Kier molecular flexibility index (Phi) is 6.03. The molecule has 34 heavy (non-hydrogen) atoms. The van der Waals surface area contributed by atoms with Crippen LogP contribution in [0.4, 0.5) is 0 Å². The minimum absolute atomic E-state index is 0.102. The van der Waals surface area contributed by atoms with Gasteiger partial charge in [0.1, 0.15) is 22.8 Å². The number of primary amides is 1. The first-order chi connectivity index (χ1) is 16.1. The van der Waals surface area contributed by atoms with Crippen molar-refractivity contribution in [2.75, 3.05) is 13.1 Å². The summed E-state index contributed by atoms with van der Waals surface area (Å²) in [5, 5.41) is 44.0. The van der Waals surface area contributed by atoms with Crippen LogP contribution in [0, 0.1) is 11.8 Å². The third-order valence-corrected chi connectivity index (χ3v) is 7.32. The van der Waals surface area contributed by atoms with Crippen molar-refractivity contribution in [2.24, 2.45) is 17.6 Å². The number of benzene rings is 1. The number of carbonyl (C=O) groups excluding carboxylic acids is 3. The van der Waals surface area contributed by atoms with Crippen LogP contribution in [0.2, 0.25) is 0 Å². The van der Waals surface area contributed by atoms with E-state index in [1.54, 1.807) is 12.1 Å². The van der Waals surface area contributed by atoms with Gasteiger partial charge in [-0.3, -0.25) is 19.3 Å². The molecule has 4 unspecified atom stereocenters. The second kappa shape index (κ2) is 8.56. The lowest BCUT2D eigenvalue weighted by molar-refractivity contribution is -0.155. The first kappa shape index (κ1) is 24.0. The number of carbonyl (C=O) groups is 3. The van der Waals surface area contributed by atoms with Crippen molar-refractivity contribution in [2.45, 2.75) is 51.2 Å². The standard InChI is InChI=1S/C25H30N2O7/c1-3-8-27(9-4-2)19-14-11-13-10-12-6-5-7-15(28)16(12)20(29)17(13)22(31)25(14,34)23(32)18(21(19)30)24(26)33/h5-7,13-14,19,28-29,32,34H,3-4,8-11H2,1-2H3,(H2,26,33). The van der Waals surface area contributed by atoms with Crippen LogP contribution in [0.3, 0.4) is 0 Å². The van der Waals surface area contributed by atoms with E-state index in [0.29, 0.717) is 37.9 Å². The topological polar surface area (TPSA) is 161 Å². The fraction of sp³-hybridized carbons (Fsp3) is 0.480. The Hall–Kier alpha value is -3.17. The number of nitrogens with zero attached hydrogens (tertiary/aromatic N) is 1. The quantitative estimate of drug-likeness (QED) is 0.391. The number of hydrogen-bond acceptors (Lipinski definition) is 8. The normalized spacial score (nSPS) is 28.6. The van der Waals surface area contributed by atoms with Crippen molar-refractivity contribution in [3.8, 4) is 5.75 Å². The maximum Gasteiger partial charge on any atom is 0.255 e. The van der Waals surface area contributed by atoms with Crippen LogP contribution in [0.25, 0.3) is 5.76 Å². The molecule has 4 atom stereocenters. The Morgan fingerprint density at radius 3 is 2.38 bits per heavy atom. The Bertz CT molecular complexity index is 1130. The van der Waals surface area contributed by atoms with Crippen LogP contribution in [0.15, 0.2) is 35.1 Å². The number of phenols is 1. The molecule has 0 aliphatic heterocycles. The van der Waals surface area contributed by atoms with Crippen LogP contribution in [-0.4, -0.2) is 67.5 Å². The van der Waals surface area contributed by atoms with E-state index in [1.165, 1.54) is 6.07 Å². The summed E-state index contributed by atoms with van der Waals surface area (Å²) in [6.45, 7) is 4.82. The lowest BCUT2D eigenvalue weighted by Crippen LogP contribution is -2.66. The number of aromatic hydroxyl groups is 1. The molecule has 9 heteroatoms. The molecule has 9 nitrogen and oxygen atoms in total. The highest BCUT2D eigenvalue weighted by Crippen LogP contribution is 2.52. The van der Waals surface area contributed by atoms with Gasteiger partial charge in [-0.05, 0) is 56.3 Å². The zero-order valence-electron chi connectivity index (χ0n) is 19.2. The molecule has 0 radical (unpaired) electrons. The van der Waals surface area contributed by atoms with Crippen LogP contribution in [0.1, 0.15) is 44.2 Å². The minimum Gasteiger partial charge on any atom is -0.508 e. The zero-order valence-corrected chi connectivity index (χ0v) is 19.2. The predicted molar refractivity (Wildman–Crippen MR) is 123 cm³/mol. The molecule has 3 aliphatic carbocycles. The number of rotatable bonds is 6. The summed E-state index contributed by atoms with van der Waals surface area (Å²) < 4.78 is 0. The van der Waals surface area contributed by atoms with Gasteiger partial charge in [-0.25, -0.2) is 0 Å². The van der Waals surface area contributed by atoms with Crippen LogP contribution >= 0.6 is 0 Å². The number of fused-ring (bicyclic) bond motifs is 3. The highest BCUT2D eigenvalue weighted by molar-refractivity contribution is 6.24. The fourth-order valence-corrected chi connectivity index (χ4v) is 5.97. The molecule has 1 amide bonds. The van der Waals surface area contributed by atoms with Gasteiger partial charge in [0.05, 0.1) is 11.6 Å². The molecule has 1 fully saturated rings. The lowest BCUT2D eigenvalue weighted by atomic mass is 9.57. The van der Waals surface area contributed by atoms with Gasteiger partial charge in [0.25, 0.3) is 5.91 Å². The number of aliphatic hydroxyl groups excluding tert-OH is 2. The third kappa shape index (κ3) is 3.25. The van der Waals surface area contributed by atoms with Crippen molar-refractivity contribution >= 4 is 23.2 Å². The Balaban J connectivity index is 1.95. The number of nitrogens with two attached hydrogens (primary N) is 1. The molecule has 1 saturated carbocycles. The number of amides is 1. The fourth-order valence-electron chi connectivity index (χ4n) is 5.97. The van der Waals surface area contributed by atoms with Gasteiger partial charge in [0.2, 0.25) is 5.78 Å². The van der Waals surface area contributed by atoms with E-state index in [-0.39, 0.29) is 23.3 Å². The Morgan fingerprint density at radius 2 is 1.79 bits per heavy atom. The van der Waals surface area contributed by atoms with Crippen molar-refractivity contribution < 1.29 is 34.8 Å². The predicted octanol–water partition coefficient (Wildman–Crippen LogP) is 1.52. The van der Waals surface area contributed by atoms with Crippen molar-refractivity contribution in [3.05, 3.63) is 46.2 Å². The summed E-state index contributed by atoms with van der Waals surface area (Å²) in [5.74, 6) is -6.26. The highest BCUT2D eigenvalue weighted by atomic mass is 16.3. The lowest BCUT2D eigenvalue weighted by Gasteiger charge is -2.51. The van der Waals surface area contributed by atoms with E-state index in [0.717, 1.165) is 0 Å². The molecule has 0 bridgehead atoms. The first-order valence-corrected chi connectivity index (χ1v) is 11.6. The molecule has 1 aromatic rings. The molecule has 3 aliphatic rings. The van der Waals surface area contributed by atoms with E-state index in [1.807, 2.05) is 18.7 Å². The molecular formula is C25H30N2O7. The molecule has 182 valence electrons. The third-order valence-electron chi connectivity index (χ3n) is 7.32. The second-order valence-electron chi connectivity index (χ2n) is 9.35. The monoisotopic (exact) mass is 470 g/mol. The number of phenolic OH excluding ortho intramolecular Hbond substituents is 1. The summed E-state index contributed by atoms with van der Waals surface area (Å²) in [4.78, 5) is 41.3. The smallest absolute Gasteiger partial charge is 0.255 e. The van der Waals surface area contributed by atoms with Crippen LogP contribution < -0.4 is 5.73 Å². The number of ketones is 2. The highest BCUT2D eigenvalue weighted by Gasteiger charge is 2.64. The Labute approximate surface area is 197 Å². The van der Waals surface area contributed by atoms with Gasteiger partial charge in [0, 0.05) is 11.5 Å². The average Bonchev–Trinajstić information content (AvgIpc) is 2.76. The maximum absolute atomic E-state index is 13.8. The summed E-state index contributed by atoms with van der Waals surface area (Å²) in [6, 6.07) is 3.71. The van der Waals surface area contributed by atoms with E-state index in [4.69, 9.17) is 5.73 Å². The SMILES string of the molecule is CCCN(CCC)C1C(=O)C(C(N)=O)=C(O)C2(O)C(=O)C3=C(O)c4c(O)cccc4CC3CC12. The molecule has 0 aromatic heterocycles. The molecule has 6 N–H and O–H groups in total.